The summed E-state index contributed by atoms with van der Waals surface area (Å²) in [5, 5.41) is 17.5. The van der Waals surface area contributed by atoms with Crippen LogP contribution in [0.5, 0.6) is 0 Å². The van der Waals surface area contributed by atoms with E-state index in [0.29, 0.717) is 13.2 Å². The highest BCUT2D eigenvalue weighted by molar-refractivity contribution is 8.33. The summed E-state index contributed by atoms with van der Waals surface area (Å²) in [5.41, 5.74) is 0. The molecule has 0 spiro atoms. The number of aliphatic hydroxyl groups is 2. The Morgan fingerprint density at radius 2 is 1.00 bits per heavy atom. The van der Waals surface area contributed by atoms with Crippen molar-refractivity contribution < 1.29 is 19.7 Å². The molecule has 0 atom stereocenters. The zero-order valence-electron chi connectivity index (χ0n) is 16.9. The topological polar surface area (TPSA) is 58.9 Å². The molecule has 154 valence electrons. The number of benzene rings is 1. The highest BCUT2D eigenvalue weighted by Crippen LogP contribution is 2.53. The number of hydrogen-bond donors (Lipinski definition) is 2. The maximum Gasteiger partial charge on any atom is 0.0697 e. The van der Waals surface area contributed by atoms with Crippen molar-refractivity contribution in [1.82, 2.24) is 0 Å². The van der Waals surface area contributed by atoms with Crippen LogP contribution in [0.25, 0.3) is 0 Å². The van der Waals surface area contributed by atoms with Gasteiger partial charge in [0.2, 0.25) is 0 Å². The summed E-state index contributed by atoms with van der Waals surface area (Å²) in [6.07, 6.45) is 11.5. The van der Waals surface area contributed by atoms with Crippen molar-refractivity contribution in [3.05, 3.63) is 24.3 Å². The number of hydrogen-bond acceptors (Lipinski definition) is 4. The van der Waals surface area contributed by atoms with E-state index < -0.39 is 20.1 Å². The molecular weight excluding hydrogens is 368 g/mol. The van der Waals surface area contributed by atoms with Crippen LogP contribution in [-0.2, 0) is 9.47 Å². The second kappa shape index (κ2) is 12.3. The van der Waals surface area contributed by atoms with E-state index in [2.05, 4.69) is 49.3 Å². The molecule has 0 unspecified atom stereocenters. The number of rotatable bonds is 14. The molecule has 0 amide bonds. The fourth-order valence-corrected chi connectivity index (χ4v) is 6.69. The lowest BCUT2D eigenvalue weighted by atomic mass is 10.4. The quantitative estimate of drug-likeness (QED) is 0.465. The Bertz CT molecular complexity index is 444. The van der Waals surface area contributed by atoms with Crippen LogP contribution in [0.4, 0.5) is 0 Å². The summed E-state index contributed by atoms with van der Waals surface area (Å²) in [6.45, 7) is 2.53. The first-order valence-corrected chi connectivity index (χ1v) is 14.5. The van der Waals surface area contributed by atoms with Crippen LogP contribution >= 0.6 is 20.1 Å². The smallest absolute Gasteiger partial charge is 0.0697 e. The maximum absolute atomic E-state index is 8.75. The summed E-state index contributed by atoms with van der Waals surface area (Å²) < 4.78 is 10.8. The minimum atomic E-state index is -0.814. The Morgan fingerprint density at radius 1 is 0.654 bits per heavy atom. The van der Waals surface area contributed by atoms with Gasteiger partial charge in [0.25, 0.3) is 0 Å². The SMILES string of the molecule is CS(C)(CCCOCCO)c1ccc(S(C)(C)CCCOCCO)cc1. The van der Waals surface area contributed by atoms with Gasteiger partial charge in [-0.2, -0.15) is 0 Å². The van der Waals surface area contributed by atoms with Gasteiger partial charge in [-0.3, -0.25) is 0 Å². The lowest BCUT2D eigenvalue weighted by Gasteiger charge is -2.35. The van der Waals surface area contributed by atoms with Gasteiger partial charge in [0.15, 0.2) is 0 Å². The van der Waals surface area contributed by atoms with Crippen molar-refractivity contribution >= 4 is 20.1 Å². The second-order valence-corrected chi connectivity index (χ2v) is 15.2. The van der Waals surface area contributed by atoms with Gasteiger partial charge in [0.05, 0.1) is 26.4 Å². The van der Waals surface area contributed by atoms with Gasteiger partial charge in [-0.1, -0.05) is 0 Å². The van der Waals surface area contributed by atoms with Gasteiger partial charge in [-0.25, -0.2) is 20.1 Å². The van der Waals surface area contributed by atoms with Crippen LogP contribution in [0.15, 0.2) is 34.1 Å². The molecule has 1 aromatic carbocycles. The standard InChI is InChI=1S/C20H38O4S2/c1-25(2,17-5-13-23-15-11-21)19-7-9-20(10-8-19)26(3,4)18-6-14-24-16-12-22/h7-10,21-22H,5-6,11-18H2,1-4H3. The van der Waals surface area contributed by atoms with Crippen molar-refractivity contribution in [3.63, 3.8) is 0 Å². The summed E-state index contributed by atoms with van der Waals surface area (Å²) >= 11 is 0. The van der Waals surface area contributed by atoms with E-state index in [1.807, 2.05) is 0 Å². The average Bonchev–Trinajstić information content (AvgIpc) is 2.61. The molecule has 1 aromatic rings. The van der Waals surface area contributed by atoms with Gasteiger partial charge in [0, 0.05) is 13.2 Å². The monoisotopic (exact) mass is 406 g/mol. The fourth-order valence-electron chi connectivity index (χ4n) is 2.79. The van der Waals surface area contributed by atoms with Gasteiger partial charge >= 0.3 is 0 Å². The molecular formula is C20H38O4S2. The normalized spacial score (nSPS) is 13.8. The first-order valence-electron chi connectivity index (χ1n) is 9.23. The van der Waals surface area contributed by atoms with Crippen molar-refractivity contribution in [3.8, 4) is 0 Å². The fraction of sp³-hybridized carbons (Fsp3) is 0.700. The first-order chi connectivity index (χ1) is 12.3. The largest absolute Gasteiger partial charge is 0.394 e. The molecule has 0 radical (unpaired) electrons. The second-order valence-electron chi connectivity index (χ2n) is 7.34. The molecule has 0 fully saturated rings. The van der Waals surface area contributed by atoms with E-state index in [1.54, 1.807) is 0 Å². The summed E-state index contributed by atoms with van der Waals surface area (Å²) in [6, 6.07) is 9.26. The van der Waals surface area contributed by atoms with Gasteiger partial charge < -0.3 is 19.7 Å². The zero-order valence-corrected chi connectivity index (χ0v) is 18.5. The van der Waals surface area contributed by atoms with Gasteiger partial charge in [-0.05, 0) is 83.4 Å². The van der Waals surface area contributed by atoms with Gasteiger partial charge in [-0.15, -0.1) is 0 Å². The summed E-state index contributed by atoms with van der Waals surface area (Å²) in [7, 11) is -1.63. The zero-order chi connectivity index (χ0) is 19.5. The number of ether oxygens (including phenoxy) is 2. The van der Waals surface area contributed by atoms with E-state index in [9.17, 15) is 0 Å². The van der Waals surface area contributed by atoms with E-state index in [4.69, 9.17) is 19.7 Å². The molecule has 0 aliphatic carbocycles. The highest BCUT2D eigenvalue weighted by atomic mass is 32.3. The Morgan fingerprint density at radius 3 is 1.31 bits per heavy atom. The third kappa shape index (κ3) is 8.63. The molecule has 1 rings (SSSR count). The molecule has 0 aliphatic heterocycles. The predicted molar refractivity (Wildman–Crippen MR) is 117 cm³/mol. The van der Waals surface area contributed by atoms with Crippen LogP contribution in [0, 0.1) is 0 Å². The minimum absolute atomic E-state index is 0.101. The Kier molecular flexibility index (Phi) is 11.2. The molecule has 0 aliphatic rings. The first kappa shape index (κ1) is 23.8. The third-order valence-corrected chi connectivity index (χ3v) is 10.2. The number of aliphatic hydroxyl groups excluding tert-OH is 2. The predicted octanol–water partition coefficient (Wildman–Crippen LogP) is 3.33. The Hall–Kier alpha value is -0.240. The maximum atomic E-state index is 8.75. The van der Waals surface area contributed by atoms with Crippen molar-refractivity contribution in [1.29, 1.82) is 0 Å². The summed E-state index contributed by atoms with van der Waals surface area (Å²) in [4.78, 5) is 2.90. The van der Waals surface area contributed by atoms with Crippen molar-refractivity contribution in [2.45, 2.75) is 22.6 Å². The van der Waals surface area contributed by atoms with Crippen molar-refractivity contribution in [2.75, 3.05) is 76.2 Å². The molecule has 4 nitrogen and oxygen atoms in total. The molecule has 0 heterocycles. The molecule has 6 heteroatoms. The summed E-state index contributed by atoms with van der Waals surface area (Å²) in [5.74, 6) is 2.30. The van der Waals surface area contributed by atoms with E-state index in [-0.39, 0.29) is 13.2 Å². The van der Waals surface area contributed by atoms with Crippen LogP contribution in [0.2, 0.25) is 0 Å². The molecule has 0 bridgehead atoms. The highest BCUT2D eigenvalue weighted by Gasteiger charge is 2.18. The van der Waals surface area contributed by atoms with E-state index >= 15 is 0 Å². The van der Waals surface area contributed by atoms with E-state index in [0.717, 1.165) is 37.6 Å². The third-order valence-electron chi connectivity index (χ3n) is 4.46. The van der Waals surface area contributed by atoms with Gasteiger partial charge in [0.1, 0.15) is 0 Å². The van der Waals surface area contributed by atoms with Crippen molar-refractivity contribution in [2.24, 2.45) is 0 Å². The molecule has 0 aromatic heterocycles. The lowest BCUT2D eigenvalue weighted by Crippen LogP contribution is -2.09. The minimum Gasteiger partial charge on any atom is -0.394 e. The Labute approximate surface area is 162 Å². The molecule has 2 N–H and O–H groups in total. The molecule has 26 heavy (non-hydrogen) atoms. The lowest BCUT2D eigenvalue weighted by molar-refractivity contribution is 0.0932. The van der Waals surface area contributed by atoms with E-state index in [1.165, 1.54) is 9.79 Å². The van der Waals surface area contributed by atoms with Crippen LogP contribution < -0.4 is 0 Å². The molecule has 0 saturated heterocycles. The van der Waals surface area contributed by atoms with Crippen LogP contribution in [0.1, 0.15) is 12.8 Å². The molecule has 0 saturated carbocycles. The Balaban J connectivity index is 2.54. The van der Waals surface area contributed by atoms with Crippen LogP contribution in [-0.4, -0.2) is 86.4 Å². The average molecular weight is 407 g/mol. The van der Waals surface area contributed by atoms with Crippen LogP contribution in [0.3, 0.4) is 0 Å².